The van der Waals surface area contributed by atoms with Crippen molar-refractivity contribution in [3.8, 4) is 0 Å². The number of anilines is 1. The molecule has 3 heterocycles. The van der Waals surface area contributed by atoms with E-state index in [1.54, 1.807) is 6.33 Å². The van der Waals surface area contributed by atoms with Gasteiger partial charge in [-0.1, -0.05) is 20.8 Å². The van der Waals surface area contributed by atoms with Crippen LogP contribution in [0.4, 0.5) is 5.82 Å². The van der Waals surface area contributed by atoms with Crippen LogP contribution in [0.1, 0.15) is 33.2 Å². The Morgan fingerprint density at radius 3 is 2.68 bits per heavy atom. The zero-order valence-electron chi connectivity index (χ0n) is 16.9. The molecule has 1 saturated heterocycles. The van der Waals surface area contributed by atoms with Gasteiger partial charge in [0.05, 0.1) is 12.4 Å². The fourth-order valence-electron chi connectivity index (χ4n) is 3.70. The Balaban J connectivity index is 1.60. The van der Waals surface area contributed by atoms with Gasteiger partial charge in [-0.2, -0.15) is 0 Å². The average molecular weight is 422 g/mol. The van der Waals surface area contributed by atoms with Crippen molar-refractivity contribution in [3.05, 3.63) is 12.7 Å². The summed E-state index contributed by atoms with van der Waals surface area (Å²) in [5.74, 6) is 0.552. The number of thiocarbonyl (C=S) groups is 1. The van der Waals surface area contributed by atoms with E-state index in [-0.39, 0.29) is 34.4 Å². The summed E-state index contributed by atoms with van der Waals surface area (Å²) in [4.78, 5) is 12.8. The zero-order valence-corrected chi connectivity index (χ0v) is 18.7. The number of hydrogen-bond acceptors (Lipinski definition) is 8. The number of ether oxygens (including phenoxy) is 2. The maximum absolute atomic E-state index is 6.48. The van der Waals surface area contributed by atoms with Crippen LogP contribution in [0, 0.1) is 5.92 Å². The van der Waals surface area contributed by atoms with E-state index in [1.165, 1.54) is 6.33 Å². The van der Waals surface area contributed by atoms with Gasteiger partial charge in [0, 0.05) is 24.7 Å². The second kappa shape index (κ2) is 6.63. The molecule has 2 N–H and O–H groups in total. The van der Waals surface area contributed by atoms with Crippen molar-refractivity contribution in [1.82, 2.24) is 19.5 Å². The number of nitrogens with zero attached hydrogens (tertiary/aromatic N) is 4. The van der Waals surface area contributed by atoms with Crippen molar-refractivity contribution in [2.75, 3.05) is 12.3 Å². The van der Waals surface area contributed by atoms with E-state index in [9.17, 15) is 0 Å². The molecule has 4 atom stereocenters. The monoisotopic (exact) mass is 421 g/mol. The van der Waals surface area contributed by atoms with Crippen LogP contribution >= 0.6 is 12.2 Å². The van der Waals surface area contributed by atoms with Gasteiger partial charge in [0.25, 0.3) is 0 Å². The predicted molar refractivity (Wildman–Crippen MR) is 112 cm³/mol. The molecule has 0 amide bonds. The second-order valence-electron chi connectivity index (χ2n) is 9.13. The van der Waals surface area contributed by atoms with Gasteiger partial charge < -0.3 is 24.2 Å². The minimum atomic E-state index is -1.86. The van der Waals surface area contributed by atoms with Gasteiger partial charge >= 0.3 is 5.24 Å². The van der Waals surface area contributed by atoms with E-state index < -0.39 is 8.32 Å². The standard InChI is InChI=1S/C18H27N5O3SSi/c1-18(2,3)28(4,5)24-7-10-6-11(14-13(10)25-17(27)26-14)23-9-22-12-15(19)20-8-21-16(12)23/h8-11,13-14H,6-7H2,1-5H3,(H2,19,20,21)/t10-,11-,13-,14+/m1/s1. The smallest absolute Gasteiger partial charge is 0.353 e. The first kappa shape index (κ1) is 19.5. The molecule has 1 aliphatic carbocycles. The molecule has 0 bridgehead atoms. The molecule has 28 heavy (non-hydrogen) atoms. The third-order valence-corrected chi connectivity index (χ3v) is 11.1. The van der Waals surface area contributed by atoms with E-state index in [4.69, 9.17) is 31.9 Å². The molecule has 2 aromatic rings. The van der Waals surface area contributed by atoms with Gasteiger partial charge in [-0.15, -0.1) is 0 Å². The normalized spacial score (nSPS) is 27.7. The molecule has 0 unspecified atom stereocenters. The van der Waals surface area contributed by atoms with Crippen molar-refractivity contribution in [1.29, 1.82) is 0 Å². The molecule has 10 heteroatoms. The van der Waals surface area contributed by atoms with Crippen molar-refractivity contribution >= 4 is 42.8 Å². The van der Waals surface area contributed by atoms with Gasteiger partial charge in [-0.3, -0.25) is 0 Å². The predicted octanol–water partition coefficient (Wildman–Crippen LogP) is 3.06. The summed E-state index contributed by atoms with van der Waals surface area (Å²) in [6.07, 6.45) is 3.73. The van der Waals surface area contributed by atoms with E-state index in [0.717, 1.165) is 6.42 Å². The lowest BCUT2D eigenvalue weighted by molar-refractivity contribution is 0.105. The molecule has 8 nitrogen and oxygen atoms in total. The Hall–Kier alpha value is -1.78. The number of hydrogen-bond donors (Lipinski definition) is 1. The Labute approximate surface area is 170 Å². The molecule has 4 rings (SSSR count). The van der Waals surface area contributed by atoms with E-state index >= 15 is 0 Å². The van der Waals surface area contributed by atoms with Gasteiger partial charge in [0.1, 0.15) is 17.9 Å². The van der Waals surface area contributed by atoms with Crippen LogP contribution in [0.2, 0.25) is 18.1 Å². The minimum Gasteiger partial charge on any atom is -0.449 e. The summed E-state index contributed by atoms with van der Waals surface area (Å²) >= 11 is 5.20. The fraction of sp³-hybridized carbons (Fsp3) is 0.667. The van der Waals surface area contributed by atoms with Crippen LogP contribution < -0.4 is 5.73 Å². The number of nitrogens with two attached hydrogens (primary N) is 1. The maximum Gasteiger partial charge on any atom is 0.353 e. The van der Waals surface area contributed by atoms with Crippen LogP contribution in [0.5, 0.6) is 0 Å². The first-order valence-corrected chi connectivity index (χ1v) is 12.8. The van der Waals surface area contributed by atoms with Crippen LogP contribution in [0.3, 0.4) is 0 Å². The lowest BCUT2D eigenvalue weighted by atomic mass is 10.1. The summed E-state index contributed by atoms with van der Waals surface area (Å²) < 4.78 is 20.2. The summed E-state index contributed by atoms with van der Waals surface area (Å²) in [6.45, 7) is 11.9. The highest BCUT2D eigenvalue weighted by Gasteiger charge is 2.53. The molecule has 1 aliphatic heterocycles. The molecular weight excluding hydrogens is 394 g/mol. The largest absolute Gasteiger partial charge is 0.449 e. The van der Waals surface area contributed by atoms with E-state index in [0.29, 0.717) is 23.6 Å². The molecule has 2 aromatic heterocycles. The Kier molecular flexibility index (Phi) is 4.63. The van der Waals surface area contributed by atoms with Crippen LogP contribution in [0.15, 0.2) is 12.7 Å². The number of rotatable bonds is 4. The van der Waals surface area contributed by atoms with Gasteiger partial charge in [0.15, 0.2) is 25.9 Å². The number of fused-ring (bicyclic) bond motifs is 2. The highest BCUT2D eigenvalue weighted by atomic mass is 32.1. The summed E-state index contributed by atoms with van der Waals surface area (Å²) in [5, 5.41) is 0.359. The molecule has 2 fully saturated rings. The first-order chi connectivity index (χ1) is 13.1. The van der Waals surface area contributed by atoms with Gasteiger partial charge in [-0.25, -0.2) is 15.0 Å². The Morgan fingerprint density at radius 1 is 1.25 bits per heavy atom. The molecule has 1 saturated carbocycles. The highest BCUT2D eigenvalue weighted by molar-refractivity contribution is 7.79. The van der Waals surface area contributed by atoms with E-state index in [1.807, 2.05) is 4.57 Å². The van der Waals surface area contributed by atoms with Crippen molar-refractivity contribution in [2.45, 2.75) is 63.6 Å². The van der Waals surface area contributed by atoms with Crippen molar-refractivity contribution in [2.24, 2.45) is 5.92 Å². The van der Waals surface area contributed by atoms with Gasteiger partial charge in [0.2, 0.25) is 0 Å². The maximum atomic E-state index is 6.48. The molecule has 0 spiro atoms. The SMILES string of the molecule is CC(C)(C)[Si](C)(C)OC[C@H]1C[C@@H](n2cnc3c(N)ncnc32)[C@@H]2OC(=S)O[C@H]12. The third kappa shape index (κ3) is 3.17. The van der Waals surface area contributed by atoms with Gasteiger partial charge in [-0.05, 0) is 24.6 Å². The van der Waals surface area contributed by atoms with Crippen molar-refractivity contribution < 1.29 is 13.9 Å². The average Bonchev–Trinajstić information content (AvgIpc) is 3.26. The highest BCUT2D eigenvalue weighted by Crippen LogP contribution is 2.45. The molecule has 0 radical (unpaired) electrons. The quantitative estimate of drug-likeness (QED) is 0.594. The minimum absolute atomic E-state index is 0.00207. The second-order valence-corrected chi connectivity index (χ2v) is 14.3. The topological polar surface area (TPSA) is 97.3 Å². The molecule has 152 valence electrons. The fourth-order valence-corrected chi connectivity index (χ4v) is 4.99. The summed E-state index contributed by atoms with van der Waals surface area (Å²) in [6, 6.07) is -0.00207. The molecule has 2 aliphatic rings. The Bertz CT molecular complexity index is 912. The van der Waals surface area contributed by atoms with Crippen LogP contribution in [-0.2, 0) is 13.9 Å². The summed E-state index contributed by atoms with van der Waals surface area (Å²) in [7, 11) is -1.86. The van der Waals surface area contributed by atoms with Crippen LogP contribution in [0.25, 0.3) is 11.2 Å². The first-order valence-electron chi connectivity index (χ1n) is 9.53. The number of aromatic nitrogens is 4. The van der Waals surface area contributed by atoms with E-state index in [2.05, 4.69) is 48.8 Å². The number of nitrogen functional groups attached to an aromatic ring is 1. The number of imidazole rings is 1. The summed E-state index contributed by atoms with van der Waals surface area (Å²) in [5.41, 5.74) is 7.24. The molecular formula is C18H27N5O3SSi. The Morgan fingerprint density at radius 2 is 1.96 bits per heavy atom. The third-order valence-electron chi connectivity index (χ3n) is 6.39. The lowest BCUT2D eigenvalue weighted by Crippen LogP contribution is -2.42. The lowest BCUT2D eigenvalue weighted by Gasteiger charge is -2.37. The zero-order chi connectivity index (χ0) is 20.3. The van der Waals surface area contributed by atoms with Crippen molar-refractivity contribution in [3.63, 3.8) is 0 Å². The molecule has 0 aromatic carbocycles. The van der Waals surface area contributed by atoms with Crippen LogP contribution in [-0.4, -0.2) is 51.9 Å².